The standard InChI is InChI=1S/C62H77N11O10/c1-36(2)28-44(63)55(75)68-48(29-37(3)4)57(77)70-51(33-41-35-66-46-23-14-12-21-43(41)46)60(80)69-49(30-38-16-7-5-8-17-38)58(78)71-50(32-40-34-65-45-22-13-11-20-42(40)45)59(79)67-47(25-26-54(64)74)56(76)72-52(31-39-18-9-6-10-19-39)61(81)73-27-15-24-53(73)62(82)83/h5-14,16-23,34-37,44,47-53,65-66H,15,24-33,63H2,1-4H3,(H2,64,74)(H,67,79)(H,68,75)(H,69,80)(H,70,77)(H,71,78)(H,72,76)(H,82,83)/t44-,47-,48-,49-,50+,51-,52+,53-/m0/s1. The van der Waals surface area contributed by atoms with Crippen molar-refractivity contribution in [1.29, 1.82) is 0 Å². The second-order valence-electron chi connectivity index (χ2n) is 22.3. The van der Waals surface area contributed by atoms with Crippen molar-refractivity contribution in [2.24, 2.45) is 23.3 Å². The highest BCUT2D eigenvalue weighted by molar-refractivity contribution is 5.99. The molecule has 0 spiro atoms. The van der Waals surface area contributed by atoms with Gasteiger partial charge in [-0.25, -0.2) is 4.79 Å². The van der Waals surface area contributed by atoms with Crippen molar-refractivity contribution >= 4 is 75.0 Å². The van der Waals surface area contributed by atoms with E-state index in [0.29, 0.717) is 35.1 Å². The van der Waals surface area contributed by atoms with Crippen LogP contribution in [0.5, 0.6) is 0 Å². The number of H-pyrrole nitrogens is 2. The topological polar surface area (TPSA) is 333 Å². The van der Waals surface area contributed by atoms with Crippen LogP contribution in [0.15, 0.2) is 122 Å². The van der Waals surface area contributed by atoms with Gasteiger partial charge in [0.1, 0.15) is 42.3 Å². The molecule has 1 aliphatic heterocycles. The minimum atomic E-state index is -1.51. The molecular formula is C62H77N11O10. The van der Waals surface area contributed by atoms with E-state index in [1.54, 1.807) is 73.1 Å². The third-order valence-electron chi connectivity index (χ3n) is 14.8. The monoisotopic (exact) mass is 1140 g/mol. The van der Waals surface area contributed by atoms with Crippen molar-refractivity contribution in [2.45, 2.75) is 140 Å². The number of carboxylic acids is 1. The van der Waals surface area contributed by atoms with Crippen molar-refractivity contribution in [3.63, 3.8) is 0 Å². The van der Waals surface area contributed by atoms with Gasteiger partial charge < -0.3 is 63.3 Å². The summed E-state index contributed by atoms with van der Waals surface area (Å²) in [7, 11) is 0. The lowest BCUT2D eigenvalue weighted by atomic mass is 9.98. The fourth-order valence-electron chi connectivity index (χ4n) is 10.6. The average Bonchev–Trinajstić information content (AvgIpc) is 4.41. The molecule has 1 aliphatic rings. The van der Waals surface area contributed by atoms with Crippen molar-refractivity contribution in [3.05, 3.63) is 144 Å². The number of carboxylic acid groups (broad SMARTS) is 1. The molecule has 21 nitrogen and oxygen atoms in total. The molecule has 1 saturated heterocycles. The molecule has 0 saturated carbocycles. The number of nitrogens with one attached hydrogen (secondary N) is 8. The van der Waals surface area contributed by atoms with Gasteiger partial charge in [0.25, 0.3) is 0 Å². The molecule has 7 rings (SSSR count). The van der Waals surface area contributed by atoms with E-state index in [9.17, 15) is 33.9 Å². The summed E-state index contributed by atoms with van der Waals surface area (Å²) in [5, 5.41) is 28.4. The van der Waals surface area contributed by atoms with Crippen LogP contribution in [0.2, 0.25) is 0 Å². The quantitative estimate of drug-likeness (QED) is 0.0322. The number of carbonyl (C=O) groups excluding carboxylic acids is 8. The minimum Gasteiger partial charge on any atom is -0.480 e. The number of aliphatic carboxylic acids is 1. The first kappa shape index (κ1) is 61.8. The Morgan fingerprint density at radius 3 is 1.42 bits per heavy atom. The highest BCUT2D eigenvalue weighted by atomic mass is 16.4. The van der Waals surface area contributed by atoms with E-state index in [1.807, 2.05) is 76.2 Å². The van der Waals surface area contributed by atoms with Gasteiger partial charge in [-0.1, -0.05) is 125 Å². The first-order valence-electron chi connectivity index (χ1n) is 28.3. The Kier molecular flexibility index (Phi) is 21.7. The van der Waals surface area contributed by atoms with Crippen molar-refractivity contribution in [1.82, 2.24) is 46.8 Å². The third kappa shape index (κ3) is 17.3. The number of nitrogens with two attached hydrogens (primary N) is 2. The maximum Gasteiger partial charge on any atom is 0.326 e. The third-order valence-corrected chi connectivity index (χ3v) is 14.8. The zero-order valence-corrected chi connectivity index (χ0v) is 47.3. The predicted molar refractivity (Wildman–Crippen MR) is 314 cm³/mol. The normalized spacial score (nSPS) is 15.8. The second-order valence-corrected chi connectivity index (χ2v) is 22.3. The summed E-state index contributed by atoms with van der Waals surface area (Å²) in [6, 6.07) is 22.3. The maximum atomic E-state index is 15.2. The first-order chi connectivity index (χ1) is 39.7. The summed E-state index contributed by atoms with van der Waals surface area (Å²) >= 11 is 0. The molecule has 440 valence electrons. The number of aromatic nitrogens is 2. The van der Waals surface area contributed by atoms with Gasteiger partial charge in [-0.2, -0.15) is 0 Å². The Morgan fingerprint density at radius 2 is 0.940 bits per heavy atom. The number of hydrogen-bond acceptors (Lipinski definition) is 10. The number of carbonyl (C=O) groups is 9. The molecule has 8 amide bonds. The van der Waals surface area contributed by atoms with Gasteiger partial charge in [-0.3, -0.25) is 38.4 Å². The molecule has 21 heteroatoms. The van der Waals surface area contributed by atoms with Gasteiger partial charge in [-0.05, 0) is 78.3 Å². The predicted octanol–water partition coefficient (Wildman–Crippen LogP) is 3.59. The highest BCUT2D eigenvalue weighted by Gasteiger charge is 2.40. The Balaban J connectivity index is 1.20. The molecule has 0 radical (unpaired) electrons. The number of likely N-dealkylation sites (tertiary alicyclic amines) is 1. The van der Waals surface area contributed by atoms with Gasteiger partial charge in [-0.15, -0.1) is 0 Å². The number of hydrogen-bond donors (Lipinski definition) is 11. The summed E-state index contributed by atoms with van der Waals surface area (Å²) in [4.78, 5) is 134. The number of primary amides is 1. The maximum absolute atomic E-state index is 15.2. The molecule has 0 aliphatic carbocycles. The Bertz CT molecular complexity index is 3230. The lowest BCUT2D eigenvalue weighted by molar-refractivity contribution is -0.149. The van der Waals surface area contributed by atoms with Crippen LogP contribution in [-0.2, 0) is 68.8 Å². The van der Waals surface area contributed by atoms with E-state index in [1.165, 1.54) is 4.90 Å². The number of rotatable bonds is 29. The molecule has 13 N–H and O–H groups in total. The smallest absolute Gasteiger partial charge is 0.326 e. The SMILES string of the molecule is CC(C)C[C@H](NC(=O)[C@@H](N)CC(C)C)C(=O)N[C@@H](Cc1c[nH]c2ccccc12)C(=O)N[C@@H](Cc1ccccc1)C(=O)N[C@H](Cc1c[nH]c2ccccc12)C(=O)N[C@@H](CCC(N)=O)C(=O)N[C@H](Cc1ccccc1)C(=O)N1CCC[C@H]1C(=O)O. The van der Waals surface area contributed by atoms with Gasteiger partial charge in [0, 0.05) is 72.8 Å². The van der Waals surface area contributed by atoms with Crippen molar-refractivity contribution < 1.29 is 48.3 Å². The van der Waals surface area contributed by atoms with Crippen LogP contribution in [0, 0.1) is 11.8 Å². The molecule has 1 fully saturated rings. The van der Waals surface area contributed by atoms with Gasteiger partial charge >= 0.3 is 5.97 Å². The average molecular weight is 1140 g/mol. The van der Waals surface area contributed by atoms with Crippen molar-refractivity contribution in [2.75, 3.05) is 6.54 Å². The lowest BCUT2D eigenvalue weighted by Crippen LogP contribution is -2.61. The number of nitrogens with zero attached hydrogens (tertiary/aromatic N) is 1. The van der Waals surface area contributed by atoms with E-state index < -0.39 is 102 Å². The van der Waals surface area contributed by atoms with E-state index >= 15 is 14.4 Å². The molecule has 2 aromatic heterocycles. The summed E-state index contributed by atoms with van der Waals surface area (Å²) in [6.07, 6.45) is 3.65. The zero-order chi connectivity index (χ0) is 59.7. The summed E-state index contributed by atoms with van der Waals surface area (Å²) in [6.45, 7) is 7.80. The second kappa shape index (κ2) is 29.2. The minimum absolute atomic E-state index is 0.0347. The molecule has 4 aromatic carbocycles. The lowest BCUT2D eigenvalue weighted by Gasteiger charge is -2.30. The summed E-state index contributed by atoms with van der Waals surface area (Å²) in [5.41, 5.74) is 15.9. The molecule has 0 bridgehead atoms. The Labute approximate surface area is 482 Å². The number of amides is 8. The zero-order valence-electron chi connectivity index (χ0n) is 47.3. The number of fused-ring (bicyclic) bond motifs is 2. The molecule has 8 atom stereocenters. The van der Waals surface area contributed by atoms with E-state index in [2.05, 4.69) is 41.9 Å². The first-order valence-corrected chi connectivity index (χ1v) is 28.3. The van der Waals surface area contributed by atoms with Crippen LogP contribution in [-0.4, -0.2) is 128 Å². The molecule has 6 aromatic rings. The molecule has 0 unspecified atom stereocenters. The molecule has 83 heavy (non-hydrogen) atoms. The van der Waals surface area contributed by atoms with Gasteiger partial charge in [0.05, 0.1) is 6.04 Å². The van der Waals surface area contributed by atoms with Gasteiger partial charge in [0.2, 0.25) is 47.3 Å². The van der Waals surface area contributed by atoms with Gasteiger partial charge in [0.15, 0.2) is 0 Å². The van der Waals surface area contributed by atoms with Crippen LogP contribution in [0.3, 0.4) is 0 Å². The Morgan fingerprint density at radius 1 is 0.530 bits per heavy atom. The molecular weight excluding hydrogens is 1060 g/mol. The van der Waals surface area contributed by atoms with Crippen LogP contribution >= 0.6 is 0 Å². The molecule has 3 heterocycles. The van der Waals surface area contributed by atoms with E-state index in [4.69, 9.17) is 11.5 Å². The fraction of sp³-hybridized carbons (Fsp3) is 0.403. The van der Waals surface area contributed by atoms with Crippen LogP contribution in [0.4, 0.5) is 0 Å². The van der Waals surface area contributed by atoms with Crippen molar-refractivity contribution in [3.8, 4) is 0 Å². The fourth-order valence-corrected chi connectivity index (χ4v) is 10.6. The Hall–Kier alpha value is -8.85. The van der Waals surface area contributed by atoms with E-state index in [-0.39, 0.29) is 69.7 Å². The summed E-state index contributed by atoms with van der Waals surface area (Å²) < 4.78 is 0. The number of para-hydroxylation sites is 2. The largest absolute Gasteiger partial charge is 0.480 e. The number of aromatic amines is 2. The van der Waals surface area contributed by atoms with Crippen LogP contribution < -0.4 is 43.4 Å². The number of benzene rings is 4. The highest BCUT2D eigenvalue weighted by Crippen LogP contribution is 2.23. The van der Waals surface area contributed by atoms with E-state index in [0.717, 1.165) is 21.8 Å². The summed E-state index contributed by atoms with van der Waals surface area (Å²) in [5.74, 6) is -7.05. The van der Waals surface area contributed by atoms with Crippen LogP contribution in [0.1, 0.15) is 88.5 Å². The van der Waals surface area contributed by atoms with Crippen LogP contribution in [0.25, 0.3) is 21.8 Å².